The van der Waals surface area contributed by atoms with Gasteiger partial charge in [0.15, 0.2) is 0 Å². The van der Waals surface area contributed by atoms with Crippen LogP contribution in [0.4, 0.5) is 0 Å². The molecule has 0 atom stereocenters. The van der Waals surface area contributed by atoms with Crippen LogP contribution in [0.25, 0.3) is 10.9 Å². The average molecular weight is 211 g/mol. The summed E-state index contributed by atoms with van der Waals surface area (Å²) in [6.07, 6.45) is 0. The second-order valence-corrected chi connectivity index (χ2v) is 3.54. The van der Waals surface area contributed by atoms with Crippen molar-refractivity contribution in [2.24, 2.45) is 5.73 Å². The highest BCUT2D eigenvalue weighted by Crippen LogP contribution is 2.26. The molecule has 4 heteroatoms. The number of benzene rings is 1. The van der Waals surface area contributed by atoms with Crippen molar-refractivity contribution < 1.29 is 5.11 Å². The van der Waals surface area contributed by atoms with Gasteiger partial charge in [-0.1, -0.05) is 11.6 Å². The third kappa shape index (κ3) is 1.45. The van der Waals surface area contributed by atoms with Crippen LogP contribution in [-0.2, 0) is 6.54 Å². The lowest BCUT2D eigenvalue weighted by atomic mass is 10.2. The highest BCUT2D eigenvalue weighted by atomic mass is 35.5. The van der Waals surface area contributed by atoms with Gasteiger partial charge in [-0.05, 0) is 18.2 Å². The van der Waals surface area contributed by atoms with E-state index in [0.717, 1.165) is 10.9 Å². The molecular weight excluding hydrogens is 200 g/mol. The summed E-state index contributed by atoms with van der Waals surface area (Å²) in [5, 5.41) is 11.0. The van der Waals surface area contributed by atoms with Crippen molar-refractivity contribution in [3.63, 3.8) is 0 Å². The molecule has 0 bridgehead atoms. The normalized spacial score (nSPS) is 11.0. The maximum Gasteiger partial charge on any atom is 0.117 e. The molecule has 2 aromatic rings. The SMILES string of the molecule is NCCn1c(Cl)cc2ccc(O)cc21. The first-order chi connectivity index (χ1) is 6.72. The van der Waals surface area contributed by atoms with E-state index in [4.69, 9.17) is 17.3 Å². The van der Waals surface area contributed by atoms with Gasteiger partial charge in [-0.3, -0.25) is 0 Å². The van der Waals surface area contributed by atoms with E-state index in [1.54, 1.807) is 12.1 Å². The van der Waals surface area contributed by atoms with Gasteiger partial charge in [0.05, 0.1) is 5.52 Å². The fourth-order valence-corrected chi connectivity index (χ4v) is 1.86. The number of hydrogen-bond donors (Lipinski definition) is 2. The van der Waals surface area contributed by atoms with E-state index >= 15 is 0 Å². The average Bonchev–Trinajstić information content (AvgIpc) is 2.45. The quantitative estimate of drug-likeness (QED) is 0.796. The van der Waals surface area contributed by atoms with Crippen molar-refractivity contribution >= 4 is 22.5 Å². The largest absolute Gasteiger partial charge is 0.508 e. The summed E-state index contributed by atoms with van der Waals surface area (Å²) in [7, 11) is 0. The van der Waals surface area contributed by atoms with Gasteiger partial charge in [-0.2, -0.15) is 0 Å². The molecule has 2 rings (SSSR count). The molecule has 0 spiro atoms. The Hall–Kier alpha value is -1.19. The van der Waals surface area contributed by atoms with Gasteiger partial charge < -0.3 is 15.4 Å². The third-order valence-corrected chi connectivity index (χ3v) is 2.50. The molecule has 1 aromatic heterocycles. The van der Waals surface area contributed by atoms with Crippen LogP contribution in [0.2, 0.25) is 5.15 Å². The third-order valence-electron chi connectivity index (χ3n) is 2.19. The molecule has 3 nitrogen and oxygen atoms in total. The van der Waals surface area contributed by atoms with Gasteiger partial charge in [0, 0.05) is 24.5 Å². The van der Waals surface area contributed by atoms with Gasteiger partial charge in [-0.25, -0.2) is 0 Å². The van der Waals surface area contributed by atoms with Gasteiger partial charge in [0.25, 0.3) is 0 Å². The van der Waals surface area contributed by atoms with E-state index in [2.05, 4.69) is 0 Å². The van der Waals surface area contributed by atoms with Gasteiger partial charge in [0.1, 0.15) is 10.9 Å². The van der Waals surface area contributed by atoms with E-state index in [9.17, 15) is 5.11 Å². The molecule has 1 aromatic carbocycles. The van der Waals surface area contributed by atoms with Crippen LogP contribution >= 0.6 is 11.6 Å². The Bertz CT molecular complexity index is 464. The number of phenolic OH excluding ortho intramolecular Hbond substituents is 1. The molecular formula is C10H11ClN2O. The maximum atomic E-state index is 9.34. The number of aromatic hydroxyl groups is 1. The van der Waals surface area contributed by atoms with Crippen molar-refractivity contribution in [3.8, 4) is 5.75 Å². The van der Waals surface area contributed by atoms with Crippen LogP contribution in [-0.4, -0.2) is 16.2 Å². The Balaban J connectivity index is 2.66. The lowest BCUT2D eigenvalue weighted by Gasteiger charge is -2.04. The molecule has 14 heavy (non-hydrogen) atoms. The molecule has 1 heterocycles. The van der Waals surface area contributed by atoms with Crippen LogP contribution in [0.3, 0.4) is 0 Å². The van der Waals surface area contributed by atoms with Crippen LogP contribution < -0.4 is 5.73 Å². The summed E-state index contributed by atoms with van der Waals surface area (Å²) < 4.78 is 1.89. The number of rotatable bonds is 2. The topological polar surface area (TPSA) is 51.2 Å². The Labute approximate surface area is 86.7 Å². The van der Waals surface area contributed by atoms with Crippen molar-refractivity contribution in [2.45, 2.75) is 6.54 Å². The summed E-state index contributed by atoms with van der Waals surface area (Å²) in [6.45, 7) is 1.19. The molecule has 3 N–H and O–H groups in total. The van der Waals surface area contributed by atoms with Crippen LogP contribution in [0.15, 0.2) is 24.3 Å². The Morgan fingerprint density at radius 2 is 2.14 bits per heavy atom. The van der Waals surface area contributed by atoms with Crippen molar-refractivity contribution in [1.29, 1.82) is 0 Å². The molecule has 0 saturated heterocycles. The molecule has 74 valence electrons. The lowest BCUT2D eigenvalue weighted by Crippen LogP contribution is -2.09. The summed E-state index contributed by atoms with van der Waals surface area (Å²) >= 11 is 6.02. The second-order valence-electron chi connectivity index (χ2n) is 3.15. The summed E-state index contributed by atoms with van der Waals surface area (Å²) in [4.78, 5) is 0. The summed E-state index contributed by atoms with van der Waals surface area (Å²) in [5.41, 5.74) is 6.39. The van der Waals surface area contributed by atoms with Gasteiger partial charge in [0.2, 0.25) is 0 Å². The van der Waals surface area contributed by atoms with Crippen LogP contribution in [0, 0.1) is 0 Å². The first-order valence-corrected chi connectivity index (χ1v) is 4.78. The fourth-order valence-electron chi connectivity index (χ4n) is 1.57. The summed E-state index contributed by atoms with van der Waals surface area (Å²) in [5.74, 6) is 0.241. The predicted molar refractivity (Wildman–Crippen MR) is 57.7 cm³/mol. The number of hydrogen-bond acceptors (Lipinski definition) is 2. The molecule has 0 radical (unpaired) electrons. The minimum atomic E-state index is 0.241. The Morgan fingerprint density at radius 1 is 1.36 bits per heavy atom. The number of phenols is 1. The monoisotopic (exact) mass is 210 g/mol. The zero-order valence-electron chi connectivity index (χ0n) is 7.57. The standard InChI is InChI=1S/C10H11ClN2O/c11-10-5-7-1-2-8(14)6-9(7)13(10)4-3-12/h1-2,5-6,14H,3-4,12H2. The van der Waals surface area contributed by atoms with E-state index in [1.807, 2.05) is 16.7 Å². The molecule has 0 amide bonds. The predicted octanol–water partition coefficient (Wildman–Crippen LogP) is 1.96. The molecule has 0 aliphatic rings. The highest BCUT2D eigenvalue weighted by Gasteiger charge is 2.06. The maximum absolute atomic E-state index is 9.34. The number of fused-ring (bicyclic) bond motifs is 1. The van der Waals surface area contributed by atoms with Crippen molar-refractivity contribution in [1.82, 2.24) is 4.57 Å². The Kier molecular flexibility index (Phi) is 2.35. The van der Waals surface area contributed by atoms with Crippen molar-refractivity contribution in [3.05, 3.63) is 29.4 Å². The fraction of sp³-hybridized carbons (Fsp3) is 0.200. The molecule has 0 fully saturated rings. The lowest BCUT2D eigenvalue weighted by molar-refractivity contribution is 0.476. The minimum absolute atomic E-state index is 0.241. The highest BCUT2D eigenvalue weighted by molar-refractivity contribution is 6.31. The van der Waals surface area contributed by atoms with Crippen LogP contribution in [0.1, 0.15) is 0 Å². The first-order valence-electron chi connectivity index (χ1n) is 4.40. The minimum Gasteiger partial charge on any atom is -0.508 e. The van der Waals surface area contributed by atoms with E-state index in [0.29, 0.717) is 18.2 Å². The number of aromatic nitrogens is 1. The Morgan fingerprint density at radius 3 is 2.86 bits per heavy atom. The van der Waals surface area contributed by atoms with Gasteiger partial charge >= 0.3 is 0 Å². The number of halogens is 1. The molecule has 0 unspecified atom stereocenters. The van der Waals surface area contributed by atoms with E-state index in [1.165, 1.54) is 0 Å². The zero-order valence-corrected chi connectivity index (χ0v) is 8.33. The number of nitrogens with two attached hydrogens (primary N) is 1. The van der Waals surface area contributed by atoms with Crippen LogP contribution in [0.5, 0.6) is 5.75 Å². The number of nitrogens with zero attached hydrogens (tertiary/aromatic N) is 1. The van der Waals surface area contributed by atoms with Crippen molar-refractivity contribution in [2.75, 3.05) is 6.54 Å². The van der Waals surface area contributed by atoms with E-state index in [-0.39, 0.29) is 5.75 Å². The molecule has 0 aliphatic heterocycles. The first kappa shape index (κ1) is 9.37. The smallest absolute Gasteiger partial charge is 0.117 e. The van der Waals surface area contributed by atoms with E-state index < -0.39 is 0 Å². The second kappa shape index (κ2) is 3.52. The van der Waals surface area contributed by atoms with Gasteiger partial charge in [-0.15, -0.1) is 0 Å². The zero-order chi connectivity index (χ0) is 10.1. The molecule has 0 aliphatic carbocycles. The summed E-state index contributed by atoms with van der Waals surface area (Å²) in [6, 6.07) is 7.04. The molecule has 0 saturated carbocycles.